The molecular formula is C19H21N3O2S. The molecule has 130 valence electrons. The maximum atomic E-state index is 12.8. The van der Waals surface area contributed by atoms with Gasteiger partial charge in [0.15, 0.2) is 0 Å². The maximum Gasteiger partial charge on any atom is 0.270 e. The second-order valence-corrected chi connectivity index (χ2v) is 7.65. The summed E-state index contributed by atoms with van der Waals surface area (Å²) in [6, 6.07) is 13.3. The number of carbonyl (C=O) groups is 1. The zero-order chi connectivity index (χ0) is 18.0. The van der Waals surface area contributed by atoms with Crippen molar-refractivity contribution >= 4 is 17.2 Å². The van der Waals surface area contributed by atoms with Crippen molar-refractivity contribution in [2.24, 2.45) is 0 Å². The number of aromatic nitrogens is 2. The first-order valence-electron chi connectivity index (χ1n) is 7.98. The molecule has 0 atom stereocenters. The van der Waals surface area contributed by atoms with Crippen molar-refractivity contribution in [3.05, 3.63) is 53.5 Å². The van der Waals surface area contributed by atoms with E-state index in [0.29, 0.717) is 5.69 Å². The first-order valence-corrected chi connectivity index (χ1v) is 8.86. The number of carbonyl (C=O) groups excluding carboxylic acids is 1. The van der Waals surface area contributed by atoms with Gasteiger partial charge in [-0.1, -0.05) is 6.07 Å². The third kappa shape index (κ3) is 3.91. The van der Waals surface area contributed by atoms with Crippen LogP contribution in [0.3, 0.4) is 0 Å². The van der Waals surface area contributed by atoms with Crippen molar-refractivity contribution < 1.29 is 9.53 Å². The van der Waals surface area contributed by atoms with Gasteiger partial charge in [0.2, 0.25) is 0 Å². The Balaban J connectivity index is 2.06. The quantitative estimate of drug-likeness (QED) is 0.765. The summed E-state index contributed by atoms with van der Waals surface area (Å²) in [4.78, 5) is 13.8. The predicted molar refractivity (Wildman–Crippen MR) is 101 cm³/mol. The molecule has 0 aliphatic carbocycles. The summed E-state index contributed by atoms with van der Waals surface area (Å²) < 4.78 is 6.88. The third-order valence-electron chi connectivity index (χ3n) is 3.52. The van der Waals surface area contributed by atoms with E-state index in [9.17, 15) is 4.79 Å². The molecule has 25 heavy (non-hydrogen) atoms. The Labute approximate surface area is 151 Å². The van der Waals surface area contributed by atoms with Gasteiger partial charge in [-0.15, -0.1) is 11.3 Å². The summed E-state index contributed by atoms with van der Waals surface area (Å²) in [6.07, 6.45) is 0. The van der Waals surface area contributed by atoms with Crippen molar-refractivity contribution in [2.45, 2.75) is 26.3 Å². The first kappa shape index (κ1) is 17.2. The fraction of sp³-hybridized carbons (Fsp3) is 0.263. The second-order valence-electron chi connectivity index (χ2n) is 6.71. The minimum Gasteiger partial charge on any atom is -0.497 e. The number of hydrogen-bond acceptors (Lipinski definition) is 4. The molecule has 3 aromatic rings. The number of rotatable bonds is 4. The third-order valence-corrected chi connectivity index (χ3v) is 4.41. The van der Waals surface area contributed by atoms with E-state index < -0.39 is 0 Å². The molecule has 3 rings (SSSR count). The van der Waals surface area contributed by atoms with Gasteiger partial charge in [0, 0.05) is 5.54 Å². The van der Waals surface area contributed by atoms with Crippen LogP contribution < -0.4 is 10.1 Å². The number of methoxy groups -OCH3 is 1. The maximum absolute atomic E-state index is 12.8. The standard InChI is InChI=1S/C19H21N3O2S/c1-19(2,3)20-18(23)16-12-15(17-6-5-11-25-17)21-22(16)13-7-9-14(24-4)10-8-13/h5-12H,1-4H3,(H,20,23). The van der Waals surface area contributed by atoms with E-state index >= 15 is 0 Å². The number of ether oxygens (including phenoxy) is 1. The topological polar surface area (TPSA) is 56.2 Å². The van der Waals surface area contributed by atoms with Crippen LogP contribution in [0.2, 0.25) is 0 Å². The molecule has 1 aromatic carbocycles. The van der Waals surface area contributed by atoms with E-state index in [1.54, 1.807) is 23.1 Å². The summed E-state index contributed by atoms with van der Waals surface area (Å²) in [6.45, 7) is 5.87. The molecule has 0 saturated carbocycles. The monoisotopic (exact) mass is 355 g/mol. The Morgan fingerprint density at radius 3 is 2.48 bits per heavy atom. The van der Waals surface area contributed by atoms with Crippen molar-refractivity contribution in [2.75, 3.05) is 7.11 Å². The lowest BCUT2D eigenvalue weighted by Gasteiger charge is -2.20. The molecule has 1 N–H and O–H groups in total. The Kier molecular flexibility index (Phi) is 4.63. The van der Waals surface area contributed by atoms with Crippen LogP contribution in [0, 0.1) is 0 Å². The lowest BCUT2D eigenvalue weighted by molar-refractivity contribution is 0.0911. The number of nitrogens with one attached hydrogen (secondary N) is 1. The summed E-state index contributed by atoms with van der Waals surface area (Å²) >= 11 is 1.60. The molecule has 2 aromatic heterocycles. The zero-order valence-corrected chi connectivity index (χ0v) is 15.6. The highest BCUT2D eigenvalue weighted by Crippen LogP contribution is 2.26. The van der Waals surface area contributed by atoms with Gasteiger partial charge in [-0.2, -0.15) is 5.10 Å². The van der Waals surface area contributed by atoms with E-state index in [1.807, 2.05) is 68.6 Å². The minimum absolute atomic E-state index is 0.154. The number of benzene rings is 1. The van der Waals surface area contributed by atoms with E-state index in [4.69, 9.17) is 4.74 Å². The SMILES string of the molecule is COc1ccc(-n2nc(-c3cccs3)cc2C(=O)NC(C)(C)C)cc1. The van der Waals surface area contributed by atoms with Gasteiger partial charge < -0.3 is 10.1 Å². The van der Waals surface area contributed by atoms with Gasteiger partial charge in [0.1, 0.15) is 17.1 Å². The number of nitrogens with zero attached hydrogens (tertiary/aromatic N) is 2. The van der Waals surface area contributed by atoms with Crippen molar-refractivity contribution in [1.82, 2.24) is 15.1 Å². The summed E-state index contributed by atoms with van der Waals surface area (Å²) in [5.74, 6) is 0.605. The van der Waals surface area contributed by atoms with Gasteiger partial charge in [0.25, 0.3) is 5.91 Å². The summed E-state index contributed by atoms with van der Waals surface area (Å²) in [7, 11) is 1.63. The van der Waals surface area contributed by atoms with Gasteiger partial charge in [-0.3, -0.25) is 4.79 Å². The lowest BCUT2D eigenvalue weighted by atomic mass is 10.1. The van der Waals surface area contributed by atoms with Crippen LogP contribution in [-0.4, -0.2) is 28.3 Å². The highest BCUT2D eigenvalue weighted by Gasteiger charge is 2.22. The largest absolute Gasteiger partial charge is 0.497 e. The zero-order valence-electron chi connectivity index (χ0n) is 14.7. The van der Waals surface area contributed by atoms with Crippen molar-refractivity contribution in [3.63, 3.8) is 0 Å². The summed E-state index contributed by atoms with van der Waals surface area (Å²) in [5, 5.41) is 9.66. The molecule has 0 aliphatic heterocycles. The average molecular weight is 355 g/mol. The lowest BCUT2D eigenvalue weighted by Crippen LogP contribution is -2.41. The molecule has 0 spiro atoms. The second kappa shape index (κ2) is 6.72. The van der Waals surface area contributed by atoms with Gasteiger partial charge in [-0.05, 0) is 62.5 Å². The van der Waals surface area contributed by atoms with Crippen LogP contribution in [0.1, 0.15) is 31.3 Å². The van der Waals surface area contributed by atoms with E-state index in [0.717, 1.165) is 22.0 Å². The first-order chi connectivity index (χ1) is 11.9. The van der Waals surface area contributed by atoms with Gasteiger partial charge >= 0.3 is 0 Å². The van der Waals surface area contributed by atoms with Crippen LogP contribution >= 0.6 is 11.3 Å². The molecule has 0 aliphatic rings. The molecule has 0 bridgehead atoms. The highest BCUT2D eigenvalue weighted by molar-refractivity contribution is 7.13. The van der Waals surface area contributed by atoms with Gasteiger partial charge in [0.05, 0.1) is 17.7 Å². The molecule has 0 saturated heterocycles. The molecular weight excluding hydrogens is 334 g/mol. The van der Waals surface area contributed by atoms with E-state index in [-0.39, 0.29) is 11.4 Å². The Bertz CT molecular complexity index is 859. The fourth-order valence-electron chi connectivity index (χ4n) is 2.41. The van der Waals surface area contributed by atoms with Crippen LogP contribution in [0.15, 0.2) is 47.8 Å². The molecule has 5 nitrogen and oxygen atoms in total. The van der Waals surface area contributed by atoms with E-state index in [1.165, 1.54) is 0 Å². The normalized spacial score (nSPS) is 11.4. The number of thiophene rings is 1. The molecule has 0 unspecified atom stereocenters. The number of hydrogen-bond donors (Lipinski definition) is 1. The highest BCUT2D eigenvalue weighted by atomic mass is 32.1. The molecule has 2 heterocycles. The molecule has 1 amide bonds. The van der Waals surface area contributed by atoms with Crippen molar-refractivity contribution in [1.29, 1.82) is 0 Å². The van der Waals surface area contributed by atoms with Crippen LogP contribution in [0.4, 0.5) is 0 Å². The Morgan fingerprint density at radius 1 is 1.20 bits per heavy atom. The average Bonchev–Trinajstić information content (AvgIpc) is 3.22. The van der Waals surface area contributed by atoms with Crippen LogP contribution in [0.25, 0.3) is 16.3 Å². The fourth-order valence-corrected chi connectivity index (χ4v) is 3.09. The molecule has 6 heteroatoms. The Morgan fingerprint density at radius 2 is 1.92 bits per heavy atom. The Hall–Kier alpha value is -2.60. The summed E-state index contributed by atoms with van der Waals surface area (Å²) in [5.41, 5.74) is 1.77. The van der Waals surface area contributed by atoms with E-state index in [2.05, 4.69) is 10.4 Å². The van der Waals surface area contributed by atoms with Crippen molar-refractivity contribution in [3.8, 4) is 22.0 Å². The smallest absolute Gasteiger partial charge is 0.270 e. The van der Waals surface area contributed by atoms with Crippen LogP contribution in [-0.2, 0) is 0 Å². The number of amides is 1. The predicted octanol–water partition coefficient (Wildman–Crippen LogP) is 4.14. The van der Waals surface area contributed by atoms with Gasteiger partial charge in [-0.25, -0.2) is 4.68 Å². The van der Waals surface area contributed by atoms with Crippen LogP contribution in [0.5, 0.6) is 5.75 Å². The molecule has 0 fully saturated rings. The minimum atomic E-state index is -0.324. The molecule has 0 radical (unpaired) electrons.